The summed E-state index contributed by atoms with van der Waals surface area (Å²) in [5, 5.41) is 8.38. The highest BCUT2D eigenvalue weighted by molar-refractivity contribution is 6.66. The van der Waals surface area contributed by atoms with Gasteiger partial charge < -0.3 is 5.11 Å². The minimum atomic E-state index is -1.29. The van der Waals surface area contributed by atoms with Crippen molar-refractivity contribution in [1.82, 2.24) is 0 Å². The monoisotopic (exact) mass is 316 g/mol. The Bertz CT molecular complexity index is 507. The zero-order valence-electron chi connectivity index (χ0n) is 9.76. The van der Waals surface area contributed by atoms with Gasteiger partial charge in [-0.15, -0.1) is 0 Å². The molecule has 0 heterocycles. The third-order valence-corrected chi connectivity index (χ3v) is 2.78. The van der Waals surface area contributed by atoms with Gasteiger partial charge in [0.25, 0.3) is 0 Å². The molecule has 0 aliphatic carbocycles. The van der Waals surface area contributed by atoms with Crippen molar-refractivity contribution in [1.29, 1.82) is 0 Å². The number of carboxylic acid groups (broad SMARTS) is 1. The summed E-state index contributed by atoms with van der Waals surface area (Å²) < 4.78 is -1.29. The first kappa shape index (κ1) is 15.8. The van der Waals surface area contributed by atoms with Crippen LogP contribution in [0.4, 0.5) is 0 Å². The van der Waals surface area contributed by atoms with Crippen molar-refractivity contribution in [2.75, 3.05) is 0 Å². The molecule has 0 saturated heterocycles. The molecule has 0 atom stereocenters. The van der Waals surface area contributed by atoms with E-state index in [2.05, 4.69) is 0 Å². The molecule has 0 radical (unpaired) electrons. The van der Waals surface area contributed by atoms with E-state index in [0.717, 1.165) is 0 Å². The van der Waals surface area contributed by atoms with Crippen LogP contribution in [-0.2, 0) is 3.79 Å². The van der Waals surface area contributed by atoms with Gasteiger partial charge in [-0.3, -0.25) is 0 Å². The van der Waals surface area contributed by atoms with E-state index in [9.17, 15) is 4.79 Å². The molecule has 0 spiro atoms. The van der Waals surface area contributed by atoms with Gasteiger partial charge in [0.05, 0.1) is 5.56 Å². The second-order valence-electron chi connectivity index (χ2n) is 3.53. The number of halogens is 3. The summed E-state index contributed by atoms with van der Waals surface area (Å²) in [6.07, 6.45) is 0. The summed E-state index contributed by atoms with van der Waals surface area (Å²) in [5.74, 6) is -0.879. The first-order valence-electron chi connectivity index (χ1n) is 5.32. The van der Waals surface area contributed by atoms with Crippen LogP contribution in [0.3, 0.4) is 0 Å². The Kier molecular flexibility index (Phi) is 6.16. The van der Waals surface area contributed by atoms with Gasteiger partial charge >= 0.3 is 5.97 Å². The predicted octanol–water partition coefficient (Wildman–Crippen LogP) is 4.90. The maximum atomic E-state index is 10.2. The van der Waals surface area contributed by atoms with Gasteiger partial charge in [0.15, 0.2) is 0 Å². The first-order chi connectivity index (χ1) is 8.91. The van der Waals surface area contributed by atoms with E-state index in [4.69, 9.17) is 39.9 Å². The SMILES string of the molecule is ClC(Cl)(Cl)c1ccccc1.O=C(O)c1ccccc1. The normalized spacial score (nSPS) is 10.3. The van der Waals surface area contributed by atoms with Crippen molar-refractivity contribution in [3.8, 4) is 0 Å². The van der Waals surface area contributed by atoms with Crippen LogP contribution >= 0.6 is 34.8 Å². The summed E-state index contributed by atoms with van der Waals surface area (Å²) >= 11 is 16.8. The highest BCUT2D eigenvalue weighted by Gasteiger charge is 2.21. The van der Waals surface area contributed by atoms with Crippen molar-refractivity contribution in [2.45, 2.75) is 3.79 Å². The van der Waals surface area contributed by atoms with Gasteiger partial charge in [-0.2, -0.15) is 0 Å². The molecule has 2 nitrogen and oxygen atoms in total. The molecular weight excluding hydrogens is 307 g/mol. The Hall–Kier alpha value is -1.22. The molecule has 0 fully saturated rings. The number of aromatic carboxylic acids is 1. The molecule has 5 heteroatoms. The Morgan fingerprint density at radius 1 is 0.842 bits per heavy atom. The van der Waals surface area contributed by atoms with Crippen LogP contribution < -0.4 is 0 Å². The van der Waals surface area contributed by atoms with Crippen LogP contribution in [0.2, 0.25) is 0 Å². The standard InChI is InChI=1S/C7H5Cl3.C7H6O2/c8-7(9,10)6-4-2-1-3-5-6;8-7(9)6-4-2-1-3-5-6/h1-5H;1-5H,(H,8,9). The van der Waals surface area contributed by atoms with E-state index >= 15 is 0 Å². The zero-order valence-corrected chi connectivity index (χ0v) is 12.0. The molecule has 2 aromatic carbocycles. The Morgan fingerprint density at radius 3 is 1.53 bits per heavy atom. The third-order valence-electron chi connectivity index (χ3n) is 2.12. The van der Waals surface area contributed by atoms with Crippen LogP contribution in [0.25, 0.3) is 0 Å². The van der Waals surface area contributed by atoms with E-state index < -0.39 is 9.76 Å². The van der Waals surface area contributed by atoms with Crippen LogP contribution in [0, 0.1) is 0 Å². The lowest BCUT2D eigenvalue weighted by molar-refractivity contribution is 0.0697. The molecule has 100 valence electrons. The molecule has 0 amide bonds. The number of hydrogen-bond acceptors (Lipinski definition) is 1. The van der Waals surface area contributed by atoms with Crippen LogP contribution in [0.1, 0.15) is 15.9 Å². The smallest absolute Gasteiger partial charge is 0.335 e. The van der Waals surface area contributed by atoms with E-state index in [1.807, 2.05) is 18.2 Å². The molecule has 0 aliphatic rings. The molecule has 0 bridgehead atoms. The predicted molar refractivity (Wildman–Crippen MR) is 79.1 cm³/mol. The van der Waals surface area contributed by atoms with Gasteiger partial charge in [-0.1, -0.05) is 83.3 Å². The summed E-state index contributed by atoms with van der Waals surface area (Å²) in [7, 11) is 0. The van der Waals surface area contributed by atoms with Gasteiger partial charge in [0.2, 0.25) is 3.79 Å². The van der Waals surface area contributed by atoms with Crippen LogP contribution in [0.15, 0.2) is 60.7 Å². The van der Waals surface area contributed by atoms with Crippen LogP contribution in [0.5, 0.6) is 0 Å². The van der Waals surface area contributed by atoms with Gasteiger partial charge in [-0.25, -0.2) is 4.79 Å². The second-order valence-corrected chi connectivity index (χ2v) is 5.82. The number of alkyl halides is 3. The van der Waals surface area contributed by atoms with Crippen LogP contribution in [-0.4, -0.2) is 11.1 Å². The number of carbonyl (C=O) groups is 1. The quantitative estimate of drug-likeness (QED) is 0.760. The average molecular weight is 318 g/mol. The fourth-order valence-corrected chi connectivity index (χ4v) is 1.59. The average Bonchev–Trinajstić information content (AvgIpc) is 2.40. The minimum Gasteiger partial charge on any atom is -0.478 e. The highest BCUT2D eigenvalue weighted by Crippen LogP contribution is 2.37. The topological polar surface area (TPSA) is 37.3 Å². The zero-order chi connectivity index (χ0) is 14.3. The minimum absolute atomic E-state index is 0.331. The van der Waals surface area contributed by atoms with Crippen molar-refractivity contribution in [3.05, 3.63) is 71.8 Å². The molecule has 2 rings (SSSR count). The van der Waals surface area contributed by atoms with E-state index in [1.54, 1.807) is 42.5 Å². The lowest BCUT2D eigenvalue weighted by atomic mass is 10.2. The maximum absolute atomic E-state index is 10.2. The van der Waals surface area contributed by atoms with Crippen molar-refractivity contribution >= 4 is 40.8 Å². The van der Waals surface area contributed by atoms with E-state index in [0.29, 0.717) is 11.1 Å². The third kappa shape index (κ3) is 5.97. The molecule has 1 N–H and O–H groups in total. The lowest BCUT2D eigenvalue weighted by Crippen LogP contribution is -1.98. The molecule has 2 aromatic rings. The number of rotatable bonds is 1. The van der Waals surface area contributed by atoms with Crippen molar-refractivity contribution < 1.29 is 9.90 Å². The van der Waals surface area contributed by atoms with Gasteiger partial charge in [0.1, 0.15) is 0 Å². The Balaban J connectivity index is 0.000000191. The van der Waals surface area contributed by atoms with E-state index in [1.165, 1.54) is 0 Å². The first-order valence-corrected chi connectivity index (χ1v) is 6.45. The Labute approximate surface area is 126 Å². The summed E-state index contributed by atoms with van der Waals surface area (Å²) in [6, 6.07) is 17.4. The lowest BCUT2D eigenvalue weighted by Gasteiger charge is -2.09. The Morgan fingerprint density at radius 2 is 1.26 bits per heavy atom. The summed E-state index contributed by atoms with van der Waals surface area (Å²) in [5.41, 5.74) is 1.03. The van der Waals surface area contributed by atoms with Gasteiger partial charge in [-0.05, 0) is 12.1 Å². The maximum Gasteiger partial charge on any atom is 0.335 e. The fraction of sp³-hybridized carbons (Fsp3) is 0.0714. The second kappa shape index (κ2) is 7.39. The largest absolute Gasteiger partial charge is 0.478 e. The van der Waals surface area contributed by atoms with E-state index in [-0.39, 0.29) is 0 Å². The number of hydrogen-bond donors (Lipinski definition) is 1. The molecule has 0 aromatic heterocycles. The summed E-state index contributed by atoms with van der Waals surface area (Å²) in [4.78, 5) is 10.2. The molecule has 0 unspecified atom stereocenters. The molecule has 0 aliphatic heterocycles. The fourth-order valence-electron chi connectivity index (χ4n) is 1.21. The molecule has 0 saturated carbocycles. The molecule has 19 heavy (non-hydrogen) atoms. The highest BCUT2D eigenvalue weighted by atomic mass is 35.6. The number of carboxylic acids is 1. The van der Waals surface area contributed by atoms with Crippen molar-refractivity contribution in [3.63, 3.8) is 0 Å². The summed E-state index contributed by atoms with van der Waals surface area (Å²) in [6.45, 7) is 0. The number of benzene rings is 2. The van der Waals surface area contributed by atoms with Gasteiger partial charge in [0, 0.05) is 5.56 Å². The molecular formula is C14H11Cl3O2. The van der Waals surface area contributed by atoms with Crippen molar-refractivity contribution in [2.24, 2.45) is 0 Å².